The normalized spacial score (nSPS) is 10.1. The number of rotatable bonds is 3. The minimum absolute atomic E-state index is 0.470. The number of hydrogen-bond acceptors (Lipinski definition) is 2. The smallest absolute Gasteiger partial charge is 0.219 e. The Morgan fingerprint density at radius 2 is 2.12 bits per heavy atom. The highest BCUT2D eigenvalue weighted by molar-refractivity contribution is 6.17. The van der Waals surface area contributed by atoms with Gasteiger partial charge in [-0.25, -0.2) is 4.98 Å². The summed E-state index contributed by atoms with van der Waals surface area (Å²) in [5.74, 6) is 1.85. The fourth-order valence-corrected chi connectivity index (χ4v) is 1.51. The molecule has 82 valence electrons. The molecule has 0 amide bonds. The summed E-state index contributed by atoms with van der Waals surface area (Å²) in [7, 11) is 0. The highest BCUT2D eigenvalue weighted by atomic mass is 35.5. The van der Waals surface area contributed by atoms with E-state index in [1.54, 1.807) is 6.20 Å². The van der Waals surface area contributed by atoms with E-state index in [4.69, 9.17) is 16.3 Å². The van der Waals surface area contributed by atoms with E-state index in [-0.39, 0.29) is 0 Å². The largest absolute Gasteiger partial charge is 0.439 e. The minimum atomic E-state index is 0.470. The van der Waals surface area contributed by atoms with Gasteiger partial charge in [-0.3, -0.25) is 0 Å². The van der Waals surface area contributed by atoms with Crippen molar-refractivity contribution in [3.05, 3.63) is 53.7 Å². The average Bonchev–Trinajstić information content (AvgIpc) is 2.30. The quantitative estimate of drug-likeness (QED) is 0.750. The topological polar surface area (TPSA) is 22.1 Å². The molecule has 3 heteroatoms. The van der Waals surface area contributed by atoms with Crippen LogP contribution in [0.1, 0.15) is 11.1 Å². The zero-order chi connectivity index (χ0) is 11.4. The minimum Gasteiger partial charge on any atom is -0.439 e. The zero-order valence-corrected chi connectivity index (χ0v) is 9.74. The summed E-state index contributed by atoms with van der Waals surface area (Å²) < 4.78 is 5.60. The van der Waals surface area contributed by atoms with Crippen LogP contribution in [0.5, 0.6) is 11.6 Å². The molecule has 1 heterocycles. The Bertz CT molecular complexity index is 468. The molecule has 0 unspecified atom stereocenters. The first kappa shape index (κ1) is 11.0. The maximum absolute atomic E-state index is 5.68. The molecule has 0 fully saturated rings. The third-order valence-corrected chi connectivity index (χ3v) is 2.47. The molecule has 1 aromatic carbocycles. The van der Waals surface area contributed by atoms with Crippen LogP contribution in [0.2, 0.25) is 0 Å². The van der Waals surface area contributed by atoms with E-state index in [1.165, 1.54) is 0 Å². The second kappa shape index (κ2) is 4.99. The van der Waals surface area contributed by atoms with Crippen molar-refractivity contribution in [1.82, 2.24) is 4.98 Å². The van der Waals surface area contributed by atoms with Crippen LogP contribution in [0.3, 0.4) is 0 Å². The molecule has 1 aromatic heterocycles. The van der Waals surface area contributed by atoms with Gasteiger partial charge in [0.2, 0.25) is 5.88 Å². The molecule has 0 aliphatic heterocycles. The zero-order valence-electron chi connectivity index (χ0n) is 8.98. The molecule has 0 bridgehead atoms. The Balaban J connectivity index is 2.14. The van der Waals surface area contributed by atoms with Crippen LogP contribution in [-0.4, -0.2) is 4.98 Å². The van der Waals surface area contributed by atoms with Gasteiger partial charge in [0.25, 0.3) is 0 Å². The molecule has 0 aliphatic rings. The van der Waals surface area contributed by atoms with E-state index < -0.39 is 0 Å². The number of ether oxygens (including phenoxy) is 1. The van der Waals surface area contributed by atoms with Gasteiger partial charge in [0.05, 0.1) is 0 Å². The Morgan fingerprint density at radius 3 is 2.75 bits per heavy atom. The summed E-state index contributed by atoms with van der Waals surface area (Å²) in [6.45, 7) is 2.02. The van der Waals surface area contributed by atoms with E-state index in [9.17, 15) is 0 Å². The van der Waals surface area contributed by atoms with Gasteiger partial charge in [-0.05, 0) is 30.2 Å². The second-order valence-electron chi connectivity index (χ2n) is 3.56. The summed E-state index contributed by atoms with van der Waals surface area (Å²) in [6, 6.07) is 11.6. The van der Waals surface area contributed by atoms with E-state index in [1.807, 2.05) is 43.3 Å². The fraction of sp³-hybridized carbons (Fsp3) is 0.154. The molecule has 0 aliphatic carbocycles. The molecule has 2 rings (SSSR count). The Kier molecular flexibility index (Phi) is 3.42. The van der Waals surface area contributed by atoms with E-state index in [0.717, 1.165) is 16.9 Å². The average molecular weight is 234 g/mol. The molecule has 2 nitrogen and oxygen atoms in total. The van der Waals surface area contributed by atoms with Crippen molar-refractivity contribution >= 4 is 11.6 Å². The molecule has 0 radical (unpaired) electrons. The summed E-state index contributed by atoms with van der Waals surface area (Å²) in [5, 5.41) is 0. The van der Waals surface area contributed by atoms with Crippen LogP contribution >= 0.6 is 11.6 Å². The van der Waals surface area contributed by atoms with Crippen molar-refractivity contribution in [3.8, 4) is 11.6 Å². The van der Waals surface area contributed by atoms with Crippen LogP contribution in [0.4, 0.5) is 0 Å². The van der Waals surface area contributed by atoms with Crippen molar-refractivity contribution in [3.63, 3.8) is 0 Å². The number of hydrogen-bond donors (Lipinski definition) is 0. The molecule has 0 saturated carbocycles. The monoisotopic (exact) mass is 233 g/mol. The predicted octanol–water partition coefficient (Wildman–Crippen LogP) is 3.92. The van der Waals surface area contributed by atoms with Gasteiger partial charge in [0.15, 0.2) is 0 Å². The number of pyridine rings is 1. The number of nitrogens with zero attached hydrogens (tertiary/aromatic N) is 1. The molecule has 16 heavy (non-hydrogen) atoms. The Labute approximate surface area is 99.9 Å². The Morgan fingerprint density at radius 1 is 1.25 bits per heavy atom. The summed E-state index contributed by atoms with van der Waals surface area (Å²) in [6.07, 6.45) is 1.72. The van der Waals surface area contributed by atoms with Crippen molar-refractivity contribution in [2.45, 2.75) is 12.8 Å². The third kappa shape index (κ3) is 2.74. The highest BCUT2D eigenvalue weighted by Crippen LogP contribution is 2.20. The highest BCUT2D eigenvalue weighted by Gasteiger charge is 1.98. The van der Waals surface area contributed by atoms with Crippen LogP contribution in [-0.2, 0) is 5.88 Å². The maximum atomic E-state index is 5.68. The number of halogens is 1. The van der Waals surface area contributed by atoms with Gasteiger partial charge in [-0.1, -0.05) is 18.2 Å². The lowest BCUT2D eigenvalue weighted by Gasteiger charge is -2.05. The molecule has 0 N–H and O–H groups in total. The lowest BCUT2D eigenvalue weighted by molar-refractivity contribution is 0.462. The molecule has 0 saturated heterocycles. The van der Waals surface area contributed by atoms with Gasteiger partial charge in [-0.15, -0.1) is 11.6 Å². The molecular formula is C13H12ClNO. The molecular weight excluding hydrogens is 222 g/mol. The van der Waals surface area contributed by atoms with Crippen LogP contribution < -0.4 is 4.74 Å². The van der Waals surface area contributed by atoms with Crippen molar-refractivity contribution in [2.24, 2.45) is 0 Å². The molecule has 0 spiro atoms. The first-order chi connectivity index (χ1) is 7.78. The van der Waals surface area contributed by atoms with E-state index >= 15 is 0 Å². The van der Waals surface area contributed by atoms with Crippen LogP contribution in [0.15, 0.2) is 42.6 Å². The van der Waals surface area contributed by atoms with E-state index in [0.29, 0.717) is 11.8 Å². The number of alkyl halides is 1. The van der Waals surface area contributed by atoms with Gasteiger partial charge in [0, 0.05) is 18.1 Å². The molecule has 2 aromatic rings. The first-order valence-electron chi connectivity index (χ1n) is 5.03. The number of aromatic nitrogens is 1. The summed E-state index contributed by atoms with van der Waals surface area (Å²) in [5.41, 5.74) is 2.15. The van der Waals surface area contributed by atoms with Crippen LogP contribution in [0.25, 0.3) is 0 Å². The standard InChI is InChI=1S/C13H12ClNO/c1-10-3-2-4-12(7-10)16-13-6-5-11(8-14)9-15-13/h2-7,9H,8H2,1H3. The van der Waals surface area contributed by atoms with Crippen molar-refractivity contribution in [2.75, 3.05) is 0 Å². The third-order valence-electron chi connectivity index (χ3n) is 2.16. The fourth-order valence-electron chi connectivity index (χ4n) is 1.35. The van der Waals surface area contributed by atoms with E-state index in [2.05, 4.69) is 4.98 Å². The first-order valence-corrected chi connectivity index (χ1v) is 5.57. The van der Waals surface area contributed by atoms with Gasteiger partial charge in [0.1, 0.15) is 5.75 Å². The lowest BCUT2D eigenvalue weighted by atomic mass is 10.2. The van der Waals surface area contributed by atoms with Crippen molar-refractivity contribution in [1.29, 1.82) is 0 Å². The van der Waals surface area contributed by atoms with Gasteiger partial charge >= 0.3 is 0 Å². The SMILES string of the molecule is Cc1cccc(Oc2ccc(CCl)cn2)c1. The predicted molar refractivity (Wildman–Crippen MR) is 65.0 cm³/mol. The Hall–Kier alpha value is -1.54. The van der Waals surface area contributed by atoms with Gasteiger partial charge < -0.3 is 4.74 Å². The number of benzene rings is 1. The molecule has 0 atom stereocenters. The van der Waals surface area contributed by atoms with Gasteiger partial charge in [-0.2, -0.15) is 0 Å². The second-order valence-corrected chi connectivity index (χ2v) is 3.82. The summed E-state index contributed by atoms with van der Waals surface area (Å²) >= 11 is 5.68. The number of aryl methyl sites for hydroxylation is 1. The lowest BCUT2D eigenvalue weighted by Crippen LogP contribution is -1.89. The maximum Gasteiger partial charge on any atom is 0.219 e. The summed E-state index contributed by atoms with van der Waals surface area (Å²) in [4.78, 5) is 4.17. The van der Waals surface area contributed by atoms with Crippen LogP contribution in [0, 0.1) is 6.92 Å². The van der Waals surface area contributed by atoms with Crippen molar-refractivity contribution < 1.29 is 4.74 Å².